The molecule has 0 aliphatic heterocycles. The van der Waals surface area contributed by atoms with Gasteiger partial charge in [-0.3, -0.25) is 4.79 Å². The van der Waals surface area contributed by atoms with E-state index in [2.05, 4.69) is 9.72 Å². The summed E-state index contributed by atoms with van der Waals surface area (Å²) in [6.45, 7) is 7.73. The highest BCUT2D eigenvalue weighted by molar-refractivity contribution is 5.69. The SMILES string of the molecule is COC(=O)CCc1ccc(OC(C)c2oc(-c3ccc(OC(F)(F)F)cc3)nc2C(C)C)cc1C. The molecule has 3 aromatic rings. The molecule has 1 unspecified atom stereocenters. The van der Waals surface area contributed by atoms with Crippen LogP contribution in [0.3, 0.4) is 0 Å². The molecule has 0 fully saturated rings. The number of hydrogen-bond donors (Lipinski definition) is 0. The molecular formula is C26H28F3NO5. The molecule has 0 saturated carbocycles. The van der Waals surface area contributed by atoms with Crippen molar-refractivity contribution in [3.8, 4) is 23.0 Å². The number of benzene rings is 2. The maximum absolute atomic E-state index is 12.4. The van der Waals surface area contributed by atoms with E-state index in [9.17, 15) is 18.0 Å². The maximum Gasteiger partial charge on any atom is 0.573 e. The molecule has 1 heterocycles. The van der Waals surface area contributed by atoms with Gasteiger partial charge in [-0.15, -0.1) is 13.2 Å². The first-order valence-electron chi connectivity index (χ1n) is 11.2. The van der Waals surface area contributed by atoms with Crippen LogP contribution in [0.2, 0.25) is 0 Å². The fraction of sp³-hybridized carbons (Fsp3) is 0.385. The Bertz CT molecular complexity index is 1150. The topological polar surface area (TPSA) is 70.8 Å². The van der Waals surface area contributed by atoms with E-state index in [-0.39, 0.29) is 23.5 Å². The van der Waals surface area contributed by atoms with Crippen LogP contribution in [0.15, 0.2) is 46.9 Å². The summed E-state index contributed by atoms with van der Waals surface area (Å²) in [5, 5.41) is 0. The number of nitrogens with zero attached hydrogens (tertiary/aromatic N) is 1. The number of aromatic nitrogens is 1. The molecule has 0 amide bonds. The maximum atomic E-state index is 12.4. The quantitative estimate of drug-likeness (QED) is 0.303. The number of rotatable bonds is 9. The largest absolute Gasteiger partial charge is 0.573 e. The van der Waals surface area contributed by atoms with Crippen molar-refractivity contribution >= 4 is 5.97 Å². The number of halogens is 3. The highest BCUT2D eigenvalue weighted by atomic mass is 19.4. The Balaban J connectivity index is 1.78. The number of carbonyl (C=O) groups excluding carboxylic acids is 1. The van der Waals surface area contributed by atoms with Crippen LogP contribution in [0.25, 0.3) is 11.5 Å². The first-order valence-corrected chi connectivity index (χ1v) is 11.2. The molecule has 2 aromatic carbocycles. The zero-order chi connectivity index (χ0) is 25.8. The van der Waals surface area contributed by atoms with Crippen molar-refractivity contribution in [2.75, 3.05) is 7.11 Å². The molecule has 0 radical (unpaired) electrons. The number of ether oxygens (including phenoxy) is 3. The number of hydrogen-bond acceptors (Lipinski definition) is 6. The number of esters is 1. The Morgan fingerprint density at radius 3 is 2.29 bits per heavy atom. The number of carbonyl (C=O) groups is 1. The third-order valence-corrected chi connectivity index (χ3v) is 5.39. The minimum absolute atomic E-state index is 0.0313. The van der Waals surface area contributed by atoms with Crippen LogP contribution < -0.4 is 9.47 Å². The lowest BCUT2D eigenvalue weighted by molar-refractivity contribution is -0.274. The van der Waals surface area contributed by atoms with Crippen molar-refractivity contribution in [2.24, 2.45) is 0 Å². The first-order chi connectivity index (χ1) is 16.5. The zero-order valence-corrected chi connectivity index (χ0v) is 20.2. The van der Waals surface area contributed by atoms with E-state index in [1.807, 2.05) is 45.9 Å². The van der Waals surface area contributed by atoms with Crippen LogP contribution in [0.1, 0.15) is 61.8 Å². The predicted molar refractivity (Wildman–Crippen MR) is 123 cm³/mol. The minimum Gasteiger partial charge on any atom is -0.483 e. The number of alkyl halides is 3. The minimum atomic E-state index is -4.76. The van der Waals surface area contributed by atoms with Gasteiger partial charge in [-0.25, -0.2) is 4.98 Å². The number of oxazole rings is 1. The van der Waals surface area contributed by atoms with E-state index in [1.54, 1.807) is 0 Å². The molecular weight excluding hydrogens is 463 g/mol. The average molecular weight is 492 g/mol. The van der Waals surface area contributed by atoms with Crippen LogP contribution in [0, 0.1) is 6.92 Å². The lowest BCUT2D eigenvalue weighted by Crippen LogP contribution is -2.16. The fourth-order valence-electron chi connectivity index (χ4n) is 3.59. The molecule has 0 bridgehead atoms. The summed E-state index contributed by atoms with van der Waals surface area (Å²) in [5.41, 5.74) is 3.24. The van der Waals surface area contributed by atoms with Crippen molar-refractivity contribution in [3.63, 3.8) is 0 Å². The molecule has 0 aliphatic rings. The van der Waals surface area contributed by atoms with E-state index in [0.29, 0.717) is 35.6 Å². The van der Waals surface area contributed by atoms with Crippen LogP contribution >= 0.6 is 0 Å². The summed E-state index contributed by atoms with van der Waals surface area (Å²) < 4.78 is 58.0. The van der Waals surface area contributed by atoms with Gasteiger partial charge in [0.05, 0.1) is 12.8 Å². The van der Waals surface area contributed by atoms with E-state index in [1.165, 1.54) is 31.4 Å². The van der Waals surface area contributed by atoms with Crippen molar-refractivity contribution in [3.05, 3.63) is 65.0 Å². The Morgan fingerprint density at radius 2 is 1.71 bits per heavy atom. The third-order valence-electron chi connectivity index (χ3n) is 5.39. The Hall–Kier alpha value is -3.49. The van der Waals surface area contributed by atoms with Gasteiger partial charge < -0.3 is 18.6 Å². The molecule has 1 aromatic heterocycles. The lowest BCUT2D eigenvalue weighted by Gasteiger charge is -2.16. The van der Waals surface area contributed by atoms with Crippen molar-refractivity contribution in [2.45, 2.75) is 58.9 Å². The molecule has 0 aliphatic carbocycles. The molecule has 9 heteroatoms. The summed E-state index contributed by atoms with van der Waals surface area (Å²) >= 11 is 0. The molecule has 0 saturated heterocycles. The zero-order valence-electron chi connectivity index (χ0n) is 20.2. The second kappa shape index (κ2) is 10.8. The van der Waals surface area contributed by atoms with Crippen LogP contribution in [-0.2, 0) is 16.0 Å². The smallest absolute Gasteiger partial charge is 0.483 e. The van der Waals surface area contributed by atoms with E-state index in [0.717, 1.165) is 11.1 Å². The standard InChI is InChI=1S/C26H28F3NO5/c1-15(2)23-24(34-25(30-23)19-7-10-20(11-8-19)35-26(27,28)29)17(4)33-21-12-6-18(16(3)14-21)9-13-22(31)32-5/h6-8,10-12,14-15,17H,9,13H2,1-5H3. The number of aryl methyl sites for hydroxylation is 2. The molecule has 0 spiro atoms. The summed E-state index contributed by atoms with van der Waals surface area (Å²) in [6.07, 6.45) is -4.35. The van der Waals surface area contributed by atoms with Crippen molar-refractivity contribution in [1.29, 1.82) is 0 Å². The lowest BCUT2D eigenvalue weighted by atomic mass is 10.0. The molecule has 35 heavy (non-hydrogen) atoms. The normalized spacial score (nSPS) is 12.5. The average Bonchev–Trinajstić information content (AvgIpc) is 3.24. The summed E-state index contributed by atoms with van der Waals surface area (Å²) in [7, 11) is 1.37. The monoisotopic (exact) mass is 491 g/mol. The Kier molecular flexibility index (Phi) is 8.09. The van der Waals surface area contributed by atoms with Crippen molar-refractivity contribution in [1.82, 2.24) is 4.98 Å². The molecule has 0 N–H and O–H groups in total. The Morgan fingerprint density at radius 1 is 1.06 bits per heavy atom. The molecule has 188 valence electrons. The second-order valence-electron chi connectivity index (χ2n) is 8.42. The van der Waals surface area contributed by atoms with Crippen LogP contribution in [-0.4, -0.2) is 24.4 Å². The molecule has 6 nitrogen and oxygen atoms in total. The molecule has 3 rings (SSSR count). The van der Waals surface area contributed by atoms with Gasteiger partial charge in [0.25, 0.3) is 0 Å². The summed E-state index contributed by atoms with van der Waals surface area (Å²) in [4.78, 5) is 16.0. The first kappa shape index (κ1) is 26.1. The third kappa shape index (κ3) is 7.00. The Labute approximate surface area is 202 Å². The molecule has 1 atom stereocenters. The van der Waals surface area contributed by atoms with E-state index < -0.39 is 12.5 Å². The highest BCUT2D eigenvalue weighted by Gasteiger charge is 2.31. The van der Waals surface area contributed by atoms with Crippen molar-refractivity contribution < 1.29 is 36.6 Å². The van der Waals surface area contributed by atoms with Gasteiger partial charge in [-0.2, -0.15) is 0 Å². The van der Waals surface area contributed by atoms with Gasteiger partial charge in [0.2, 0.25) is 5.89 Å². The van der Waals surface area contributed by atoms with E-state index >= 15 is 0 Å². The van der Waals surface area contributed by atoms with Gasteiger partial charge in [0, 0.05) is 12.0 Å². The predicted octanol–water partition coefficient (Wildman–Crippen LogP) is 6.92. The van der Waals surface area contributed by atoms with Gasteiger partial charge >= 0.3 is 12.3 Å². The summed E-state index contributed by atoms with van der Waals surface area (Å²) in [6, 6.07) is 11.0. The second-order valence-corrected chi connectivity index (χ2v) is 8.42. The number of methoxy groups -OCH3 is 1. The summed E-state index contributed by atoms with van der Waals surface area (Å²) in [5.74, 6) is 0.912. The van der Waals surface area contributed by atoms with Gasteiger partial charge in [0.15, 0.2) is 11.9 Å². The van der Waals surface area contributed by atoms with Crippen LogP contribution in [0.4, 0.5) is 13.2 Å². The van der Waals surface area contributed by atoms with Gasteiger partial charge in [-0.1, -0.05) is 19.9 Å². The van der Waals surface area contributed by atoms with Crippen LogP contribution in [0.5, 0.6) is 11.5 Å². The van der Waals surface area contributed by atoms with Gasteiger partial charge in [-0.05, 0) is 73.7 Å². The highest BCUT2D eigenvalue weighted by Crippen LogP contribution is 2.34. The van der Waals surface area contributed by atoms with Gasteiger partial charge in [0.1, 0.15) is 11.5 Å². The fourth-order valence-corrected chi connectivity index (χ4v) is 3.59. The van der Waals surface area contributed by atoms with E-state index in [4.69, 9.17) is 13.9 Å².